The predicted octanol–water partition coefficient (Wildman–Crippen LogP) is 4.11. The Balaban J connectivity index is 0.00000243. The topological polar surface area (TPSA) is 49.6 Å². The molecule has 0 bridgehead atoms. The zero-order valence-electron chi connectivity index (χ0n) is 15.1. The van der Waals surface area contributed by atoms with Crippen LogP contribution in [-0.2, 0) is 17.8 Å². The number of hydrogen-bond donors (Lipinski definition) is 1. The maximum atomic E-state index is 13.2. The smallest absolute Gasteiger partial charge is 0.245 e. The lowest BCUT2D eigenvalue weighted by Crippen LogP contribution is -2.48. The zero-order chi connectivity index (χ0) is 17.8. The van der Waals surface area contributed by atoms with Gasteiger partial charge >= 0.3 is 0 Å². The molecule has 1 aromatic heterocycles. The molecule has 0 spiro atoms. The molecule has 0 radical (unpaired) electrons. The van der Waals surface area contributed by atoms with Gasteiger partial charge in [0.2, 0.25) is 5.91 Å². The van der Waals surface area contributed by atoms with Crippen molar-refractivity contribution in [2.24, 2.45) is 0 Å². The highest BCUT2D eigenvalue weighted by Gasteiger charge is 2.29. The fourth-order valence-electron chi connectivity index (χ4n) is 3.46. The number of nitrogen functional groups attached to an aromatic ring is 1. The van der Waals surface area contributed by atoms with Gasteiger partial charge in [0.1, 0.15) is 6.04 Å². The summed E-state index contributed by atoms with van der Waals surface area (Å²) in [5.41, 5.74) is 9.23. The van der Waals surface area contributed by atoms with Crippen LogP contribution in [0.2, 0.25) is 0 Å². The van der Waals surface area contributed by atoms with Crippen molar-refractivity contribution >= 4 is 41.0 Å². The molecule has 1 amide bonds. The predicted molar refractivity (Wildman–Crippen MR) is 113 cm³/mol. The van der Waals surface area contributed by atoms with Crippen LogP contribution < -0.4 is 10.6 Å². The van der Waals surface area contributed by atoms with E-state index >= 15 is 0 Å². The Kier molecular flexibility index (Phi) is 7.12. The number of nitrogens with zero attached hydrogens (tertiary/aromatic N) is 2. The quantitative estimate of drug-likeness (QED) is 0.595. The summed E-state index contributed by atoms with van der Waals surface area (Å²) in [7, 11) is 0. The van der Waals surface area contributed by atoms with Crippen LogP contribution in [0.3, 0.4) is 0 Å². The number of nitrogens with two attached hydrogens (primary N) is 1. The number of rotatable bonds is 6. The lowest BCUT2D eigenvalue weighted by atomic mass is 9.98. The van der Waals surface area contributed by atoms with Crippen LogP contribution in [0.25, 0.3) is 0 Å². The van der Waals surface area contributed by atoms with Crippen molar-refractivity contribution in [2.45, 2.75) is 32.4 Å². The maximum absolute atomic E-state index is 13.2. The summed E-state index contributed by atoms with van der Waals surface area (Å²) in [4.78, 5) is 18.4. The van der Waals surface area contributed by atoms with Crippen LogP contribution in [-0.4, -0.2) is 29.9 Å². The third-order valence-electron chi connectivity index (χ3n) is 4.74. The first-order valence-electron chi connectivity index (χ1n) is 8.68. The summed E-state index contributed by atoms with van der Waals surface area (Å²) in [5.74, 6) is 0.128. The molecule has 2 heterocycles. The molecule has 0 aliphatic carbocycles. The van der Waals surface area contributed by atoms with Crippen LogP contribution >= 0.6 is 23.7 Å². The van der Waals surface area contributed by atoms with Gasteiger partial charge in [0.25, 0.3) is 0 Å². The lowest BCUT2D eigenvalue weighted by Gasteiger charge is -2.38. The summed E-state index contributed by atoms with van der Waals surface area (Å²) in [6.07, 6.45) is 3.79. The molecular weight excluding hydrogens is 366 g/mol. The highest BCUT2D eigenvalue weighted by atomic mass is 35.5. The van der Waals surface area contributed by atoms with Crippen LogP contribution in [0.1, 0.15) is 23.8 Å². The zero-order valence-corrected chi connectivity index (χ0v) is 16.7. The second kappa shape index (κ2) is 9.10. The van der Waals surface area contributed by atoms with E-state index in [4.69, 9.17) is 5.73 Å². The summed E-state index contributed by atoms with van der Waals surface area (Å²) < 4.78 is 0. The first-order valence-corrected chi connectivity index (χ1v) is 9.56. The summed E-state index contributed by atoms with van der Waals surface area (Å²) in [5, 5.41) is 2.04. The molecule has 0 saturated carbocycles. The molecule has 1 aromatic carbocycles. The van der Waals surface area contributed by atoms with Crippen molar-refractivity contribution in [3.63, 3.8) is 0 Å². The Morgan fingerprint density at radius 3 is 2.92 bits per heavy atom. The van der Waals surface area contributed by atoms with E-state index in [1.807, 2.05) is 35.4 Å². The minimum absolute atomic E-state index is 0. The number of carbonyl (C=O) groups excluding carboxylic acids is 1. The van der Waals surface area contributed by atoms with Crippen molar-refractivity contribution < 1.29 is 4.79 Å². The van der Waals surface area contributed by atoms with Gasteiger partial charge in [-0.1, -0.05) is 18.2 Å². The van der Waals surface area contributed by atoms with E-state index in [0.717, 1.165) is 30.8 Å². The maximum Gasteiger partial charge on any atom is 0.245 e. The number of carbonyl (C=O) groups is 1. The Morgan fingerprint density at radius 2 is 2.23 bits per heavy atom. The second-order valence-electron chi connectivity index (χ2n) is 6.40. The largest absolute Gasteiger partial charge is 0.398 e. The van der Waals surface area contributed by atoms with Crippen molar-refractivity contribution in [1.29, 1.82) is 0 Å². The highest BCUT2D eigenvalue weighted by molar-refractivity contribution is 7.09. The molecule has 140 valence electrons. The van der Waals surface area contributed by atoms with Gasteiger partial charge < -0.3 is 15.5 Å². The van der Waals surface area contributed by atoms with Crippen molar-refractivity contribution in [2.75, 3.05) is 23.7 Å². The molecule has 2 N–H and O–H groups in total. The average Bonchev–Trinajstić information content (AvgIpc) is 3.13. The number of hydrogen-bond acceptors (Lipinski definition) is 4. The molecule has 1 atom stereocenters. The van der Waals surface area contributed by atoms with E-state index in [0.29, 0.717) is 13.1 Å². The Labute approximate surface area is 165 Å². The summed E-state index contributed by atoms with van der Waals surface area (Å²) in [6.45, 7) is 7.87. The van der Waals surface area contributed by atoms with Gasteiger partial charge in [-0.25, -0.2) is 0 Å². The third kappa shape index (κ3) is 4.22. The minimum Gasteiger partial charge on any atom is -0.398 e. The first-order chi connectivity index (χ1) is 12.1. The van der Waals surface area contributed by atoms with Gasteiger partial charge in [-0.2, -0.15) is 0 Å². The molecule has 6 heteroatoms. The van der Waals surface area contributed by atoms with E-state index in [1.165, 1.54) is 10.4 Å². The van der Waals surface area contributed by atoms with Gasteiger partial charge in [0, 0.05) is 29.3 Å². The van der Waals surface area contributed by atoms with Gasteiger partial charge in [0.05, 0.1) is 6.54 Å². The Bertz CT molecular complexity index is 748. The average molecular weight is 392 g/mol. The molecule has 1 unspecified atom stereocenters. The summed E-state index contributed by atoms with van der Waals surface area (Å²) in [6, 6.07) is 9.85. The van der Waals surface area contributed by atoms with E-state index < -0.39 is 0 Å². The molecule has 0 saturated heterocycles. The molecule has 2 aromatic rings. The van der Waals surface area contributed by atoms with Crippen LogP contribution in [0.4, 0.5) is 11.4 Å². The van der Waals surface area contributed by atoms with Crippen molar-refractivity contribution in [3.05, 3.63) is 58.8 Å². The number of halogens is 1. The van der Waals surface area contributed by atoms with E-state index in [2.05, 4.69) is 23.6 Å². The molecule has 26 heavy (non-hydrogen) atoms. The fourth-order valence-corrected chi connectivity index (χ4v) is 4.18. The number of fused-ring (bicyclic) bond motifs is 1. The second-order valence-corrected chi connectivity index (χ2v) is 7.44. The molecule has 4 nitrogen and oxygen atoms in total. The number of benzene rings is 1. The number of thiophene rings is 1. The van der Waals surface area contributed by atoms with E-state index in [1.54, 1.807) is 17.4 Å². The standard InChI is InChI=1S/C20H25N3OS.ClH/c1-3-11-22(14-16-7-6-13-25-16)20(24)15(2)23-12-5-8-17-18(21)9-4-10-19(17)23;/h3-4,6-7,9-10,13,15H,1,5,8,11-12,14,21H2,2H3;1H. The molecular formula is C20H26ClN3OS. The molecule has 1 aliphatic rings. The van der Waals surface area contributed by atoms with Crippen LogP contribution in [0.5, 0.6) is 0 Å². The molecule has 3 rings (SSSR count). The van der Waals surface area contributed by atoms with Crippen molar-refractivity contribution in [3.8, 4) is 0 Å². The monoisotopic (exact) mass is 391 g/mol. The summed E-state index contributed by atoms with van der Waals surface area (Å²) >= 11 is 1.67. The van der Waals surface area contributed by atoms with Gasteiger partial charge in [0.15, 0.2) is 0 Å². The van der Waals surface area contributed by atoms with E-state index in [-0.39, 0.29) is 24.4 Å². The Hall–Kier alpha value is -1.98. The van der Waals surface area contributed by atoms with Crippen LogP contribution in [0.15, 0.2) is 48.4 Å². The van der Waals surface area contributed by atoms with Gasteiger partial charge in [-0.15, -0.1) is 30.3 Å². The van der Waals surface area contributed by atoms with Crippen molar-refractivity contribution in [1.82, 2.24) is 4.90 Å². The minimum atomic E-state index is -0.222. The van der Waals surface area contributed by atoms with Gasteiger partial charge in [-0.05, 0) is 48.9 Å². The third-order valence-corrected chi connectivity index (χ3v) is 5.60. The van der Waals surface area contributed by atoms with Gasteiger partial charge in [-0.3, -0.25) is 4.79 Å². The highest BCUT2D eigenvalue weighted by Crippen LogP contribution is 2.33. The molecule has 0 fully saturated rings. The number of anilines is 2. The SMILES string of the molecule is C=CCN(Cc1cccs1)C(=O)C(C)N1CCCc2c(N)cccc21.Cl. The van der Waals surface area contributed by atoms with Crippen LogP contribution in [0, 0.1) is 0 Å². The fraction of sp³-hybridized carbons (Fsp3) is 0.350. The first kappa shape index (κ1) is 20.3. The number of amides is 1. The lowest BCUT2D eigenvalue weighted by molar-refractivity contribution is -0.132. The van der Waals surface area contributed by atoms with E-state index in [9.17, 15) is 4.79 Å². The normalized spacial score (nSPS) is 14.1. The molecule has 1 aliphatic heterocycles. The Morgan fingerprint density at radius 1 is 1.42 bits per heavy atom.